The number of rotatable bonds is 9. The molecule has 3 aromatic rings. The summed E-state index contributed by atoms with van der Waals surface area (Å²) in [7, 11) is 0. The largest absolute Gasteiger partial charge is 0.491 e. The first-order valence-corrected chi connectivity index (χ1v) is 10.0. The Kier molecular flexibility index (Phi) is 6.75. The van der Waals surface area contributed by atoms with Gasteiger partial charge in [-0.3, -0.25) is 4.79 Å². The molecule has 0 bridgehead atoms. The van der Waals surface area contributed by atoms with Crippen LogP contribution in [0.1, 0.15) is 39.2 Å². The highest BCUT2D eigenvalue weighted by atomic mass is 16.5. The maximum absolute atomic E-state index is 12.9. The highest BCUT2D eigenvalue weighted by Crippen LogP contribution is 2.28. The van der Waals surface area contributed by atoms with Crippen LogP contribution in [0, 0.1) is 5.92 Å². The van der Waals surface area contributed by atoms with E-state index < -0.39 is 0 Å². The number of unbranched alkanes of at least 4 members (excludes halogenated alkanes) is 1. The molecule has 0 saturated carbocycles. The Balaban J connectivity index is 1.94. The van der Waals surface area contributed by atoms with Crippen molar-refractivity contribution in [1.29, 1.82) is 0 Å². The van der Waals surface area contributed by atoms with E-state index in [1.165, 1.54) is 0 Å². The Hall–Kier alpha value is -2.75. The monoisotopic (exact) mass is 379 g/mol. The normalized spacial score (nSPS) is 11.1. The van der Waals surface area contributed by atoms with E-state index in [-0.39, 0.29) is 5.56 Å². The molecule has 0 atom stereocenters. The second-order valence-corrected chi connectivity index (χ2v) is 7.53. The van der Waals surface area contributed by atoms with Gasteiger partial charge in [-0.1, -0.05) is 57.5 Å². The van der Waals surface area contributed by atoms with E-state index in [1.807, 2.05) is 54.7 Å². The van der Waals surface area contributed by atoms with Crippen LogP contribution in [0.3, 0.4) is 0 Å². The Bertz CT molecular complexity index is 961. The lowest BCUT2D eigenvalue weighted by Crippen LogP contribution is -2.22. The van der Waals surface area contributed by atoms with Gasteiger partial charge < -0.3 is 14.0 Å². The SMILES string of the molecule is CCCCOc1cn(CC(C)C)c(=O)c2ccc(OCc3ccccc3)cc12. The molecule has 0 aliphatic rings. The third-order valence-corrected chi connectivity index (χ3v) is 4.59. The van der Waals surface area contributed by atoms with Gasteiger partial charge in [0.15, 0.2) is 0 Å². The third-order valence-electron chi connectivity index (χ3n) is 4.59. The van der Waals surface area contributed by atoms with Gasteiger partial charge in [0.2, 0.25) is 0 Å². The Morgan fingerprint density at radius 3 is 2.50 bits per heavy atom. The summed E-state index contributed by atoms with van der Waals surface area (Å²) in [5.41, 5.74) is 1.12. The summed E-state index contributed by atoms with van der Waals surface area (Å²) in [6, 6.07) is 15.7. The summed E-state index contributed by atoms with van der Waals surface area (Å²) >= 11 is 0. The highest BCUT2D eigenvalue weighted by molar-refractivity contribution is 5.88. The van der Waals surface area contributed by atoms with Gasteiger partial charge >= 0.3 is 0 Å². The Labute approximate surface area is 166 Å². The van der Waals surface area contributed by atoms with Gasteiger partial charge in [0.25, 0.3) is 5.56 Å². The molecular formula is C24H29NO3. The molecule has 0 unspecified atom stereocenters. The van der Waals surface area contributed by atoms with Crippen molar-refractivity contribution in [3.05, 3.63) is 70.6 Å². The molecule has 1 aromatic heterocycles. The standard InChI is InChI=1S/C24H29NO3/c1-4-5-13-27-23-16-25(15-18(2)3)24(26)21-12-11-20(14-22(21)23)28-17-19-9-7-6-8-10-19/h6-12,14,16,18H,4-5,13,15,17H2,1-3H3. The molecular weight excluding hydrogens is 350 g/mol. The summed E-state index contributed by atoms with van der Waals surface area (Å²) in [5, 5.41) is 1.48. The molecule has 0 spiro atoms. The lowest BCUT2D eigenvalue weighted by atomic mass is 10.1. The number of fused-ring (bicyclic) bond motifs is 1. The van der Waals surface area contributed by atoms with Gasteiger partial charge in [-0.2, -0.15) is 0 Å². The van der Waals surface area contributed by atoms with Gasteiger partial charge in [0, 0.05) is 18.1 Å². The minimum atomic E-state index is 0.0150. The molecule has 4 nitrogen and oxygen atoms in total. The van der Waals surface area contributed by atoms with Crippen LogP contribution < -0.4 is 15.0 Å². The quantitative estimate of drug-likeness (QED) is 0.466. The molecule has 0 fully saturated rings. The molecule has 1 heterocycles. The van der Waals surface area contributed by atoms with E-state index in [2.05, 4.69) is 20.8 Å². The average Bonchev–Trinajstić information content (AvgIpc) is 2.70. The highest BCUT2D eigenvalue weighted by Gasteiger charge is 2.12. The van der Waals surface area contributed by atoms with Crippen molar-refractivity contribution in [2.75, 3.05) is 6.61 Å². The second-order valence-electron chi connectivity index (χ2n) is 7.53. The first kappa shape index (κ1) is 20.0. The smallest absolute Gasteiger partial charge is 0.258 e. The molecule has 3 rings (SSSR count). The molecule has 0 aliphatic heterocycles. The van der Waals surface area contributed by atoms with E-state index in [1.54, 1.807) is 4.57 Å². The molecule has 4 heteroatoms. The molecule has 0 amide bonds. The Morgan fingerprint density at radius 1 is 1.00 bits per heavy atom. The van der Waals surface area contributed by atoms with E-state index >= 15 is 0 Å². The van der Waals surface area contributed by atoms with E-state index in [0.29, 0.717) is 31.1 Å². The summed E-state index contributed by atoms with van der Waals surface area (Å²) in [6.45, 7) is 8.15. The fraction of sp³-hybridized carbons (Fsp3) is 0.375. The van der Waals surface area contributed by atoms with Crippen LogP contribution >= 0.6 is 0 Å². The fourth-order valence-corrected chi connectivity index (χ4v) is 3.14. The summed E-state index contributed by atoms with van der Waals surface area (Å²) in [5.74, 6) is 1.86. The van der Waals surface area contributed by atoms with Crippen molar-refractivity contribution in [2.45, 2.75) is 46.8 Å². The minimum Gasteiger partial charge on any atom is -0.491 e. The van der Waals surface area contributed by atoms with Crippen LogP contribution in [0.25, 0.3) is 10.8 Å². The van der Waals surface area contributed by atoms with Gasteiger partial charge in [-0.05, 0) is 36.1 Å². The first-order chi connectivity index (χ1) is 13.6. The molecule has 0 N–H and O–H groups in total. The number of benzene rings is 2. The summed E-state index contributed by atoms with van der Waals surface area (Å²) < 4.78 is 13.8. The maximum Gasteiger partial charge on any atom is 0.258 e. The van der Waals surface area contributed by atoms with Crippen LogP contribution in [0.15, 0.2) is 59.5 Å². The van der Waals surface area contributed by atoms with Gasteiger partial charge in [0.05, 0.1) is 12.0 Å². The van der Waals surface area contributed by atoms with E-state index in [4.69, 9.17) is 9.47 Å². The molecule has 0 radical (unpaired) electrons. The van der Waals surface area contributed by atoms with Crippen LogP contribution in [0.2, 0.25) is 0 Å². The molecule has 2 aromatic carbocycles. The number of pyridine rings is 1. The van der Waals surface area contributed by atoms with Crippen molar-refractivity contribution < 1.29 is 9.47 Å². The van der Waals surface area contributed by atoms with Crippen LogP contribution in [-0.2, 0) is 13.2 Å². The van der Waals surface area contributed by atoms with Crippen molar-refractivity contribution in [3.63, 3.8) is 0 Å². The minimum absolute atomic E-state index is 0.0150. The fourth-order valence-electron chi connectivity index (χ4n) is 3.14. The van der Waals surface area contributed by atoms with Crippen LogP contribution in [0.4, 0.5) is 0 Å². The lowest BCUT2D eigenvalue weighted by molar-refractivity contribution is 0.304. The van der Waals surface area contributed by atoms with Gasteiger partial charge in [-0.15, -0.1) is 0 Å². The number of ether oxygens (including phenoxy) is 2. The van der Waals surface area contributed by atoms with Gasteiger partial charge in [-0.25, -0.2) is 0 Å². The lowest BCUT2D eigenvalue weighted by Gasteiger charge is -2.15. The molecule has 28 heavy (non-hydrogen) atoms. The first-order valence-electron chi connectivity index (χ1n) is 10.0. The molecule has 0 saturated heterocycles. The Morgan fingerprint density at radius 2 is 1.79 bits per heavy atom. The summed E-state index contributed by atoms with van der Waals surface area (Å²) in [4.78, 5) is 12.9. The second kappa shape index (κ2) is 9.45. The van der Waals surface area contributed by atoms with Crippen molar-refractivity contribution in [3.8, 4) is 11.5 Å². The van der Waals surface area contributed by atoms with Crippen molar-refractivity contribution >= 4 is 10.8 Å². The molecule has 148 valence electrons. The zero-order chi connectivity index (χ0) is 19.9. The zero-order valence-electron chi connectivity index (χ0n) is 17.0. The third kappa shape index (κ3) is 4.94. The average molecular weight is 380 g/mol. The maximum atomic E-state index is 12.9. The predicted octanol–water partition coefficient (Wildman–Crippen LogP) is 5.42. The topological polar surface area (TPSA) is 40.5 Å². The van der Waals surface area contributed by atoms with E-state index in [9.17, 15) is 4.79 Å². The van der Waals surface area contributed by atoms with Gasteiger partial charge in [0.1, 0.15) is 18.1 Å². The predicted molar refractivity (Wildman–Crippen MR) is 114 cm³/mol. The zero-order valence-corrected chi connectivity index (χ0v) is 17.0. The van der Waals surface area contributed by atoms with Crippen molar-refractivity contribution in [2.24, 2.45) is 5.92 Å². The summed E-state index contributed by atoms with van der Waals surface area (Å²) in [6.07, 6.45) is 3.89. The van der Waals surface area contributed by atoms with Crippen LogP contribution in [0.5, 0.6) is 11.5 Å². The molecule has 0 aliphatic carbocycles. The number of aromatic nitrogens is 1. The van der Waals surface area contributed by atoms with Crippen molar-refractivity contribution in [1.82, 2.24) is 4.57 Å². The number of hydrogen-bond donors (Lipinski definition) is 0. The van der Waals surface area contributed by atoms with Crippen LogP contribution in [-0.4, -0.2) is 11.2 Å². The number of nitrogens with zero attached hydrogens (tertiary/aromatic N) is 1. The van der Waals surface area contributed by atoms with E-state index in [0.717, 1.165) is 35.3 Å². The number of hydrogen-bond acceptors (Lipinski definition) is 3.